The second-order valence-corrected chi connectivity index (χ2v) is 7.10. The van der Waals surface area contributed by atoms with E-state index in [1.807, 2.05) is 6.07 Å². The molecule has 1 atom stereocenters. The summed E-state index contributed by atoms with van der Waals surface area (Å²) in [4.78, 5) is 0. The van der Waals surface area contributed by atoms with Crippen LogP contribution in [0.5, 0.6) is 5.75 Å². The van der Waals surface area contributed by atoms with Gasteiger partial charge in [-0.1, -0.05) is 66.7 Å². The summed E-state index contributed by atoms with van der Waals surface area (Å²) < 4.78 is 12.1. The molecule has 1 aliphatic heterocycles. The maximum atomic E-state index is 6.32. The van der Waals surface area contributed by atoms with E-state index in [1.165, 1.54) is 27.1 Å². The zero-order valence-electron chi connectivity index (χ0n) is 15.2. The summed E-state index contributed by atoms with van der Waals surface area (Å²) in [7, 11) is 0. The Bertz CT molecular complexity index is 1040. The molecule has 1 unspecified atom stereocenters. The van der Waals surface area contributed by atoms with Crippen LogP contribution in [0.3, 0.4) is 0 Å². The number of para-hydroxylation sites is 1. The van der Waals surface area contributed by atoms with Crippen LogP contribution in [0, 0.1) is 0 Å². The Morgan fingerprint density at radius 3 is 2.11 bits per heavy atom. The maximum absolute atomic E-state index is 6.32. The first kappa shape index (κ1) is 16.3. The Hall–Kier alpha value is -2.84. The second-order valence-electron chi connectivity index (χ2n) is 7.10. The van der Waals surface area contributed by atoms with Gasteiger partial charge in [-0.25, -0.2) is 0 Å². The van der Waals surface area contributed by atoms with Gasteiger partial charge in [0.05, 0.1) is 6.61 Å². The van der Waals surface area contributed by atoms with Gasteiger partial charge < -0.3 is 9.47 Å². The molecule has 0 radical (unpaired) electrons. The first-order valence-electron chi connectivity index (χ1n) is 9.68. The number of rotatable bonds is 3. The Kier molecular flexibility index (Phi) is 4.27. The van der Waals surface area contributed by atoms with E-state index in [0.29, 0.717) is 0 Å². The number of benzene rings is 4. The fraction of sp³-hybridized carbons (Fsp3) is 0.200. The molecule has 1 fully saturated rings. The van der Waals surface area contributed by atoms with Crippen molar-refractivity contribution >= 4 is 21.5 Å². The third kappa shape index (κ3) is 3.07. The highest BCUT2D eigenvalue weighted by Crippen LogP contribution is 2.41. The molecule has 0 N–H and O–H groups in total. The van der Waals surface area contributed by atoms with Gasteiger partial charge in [0.2, 0.25) is 0 Å². The van der Waals surface area contributed by atoms with Gasteiger partial charge in [-0.15, -0.1) is 0 Å². The standard InChI is InChI=1S/C25H22O2/c1-3-11-20-18(9-1)17-19-10-2-4-12-21(19)25(20)22-13-5-6-14-23(22)27-24-15-7-8-16-26-24/h1-6,9-14,17,24H,7-8,15-16H2. The van der Waals surface area contributed by atoms with Gasteiger partial charge in [0, 0.05) is 17.5 Å². The minimum absolute atomic E-state index is 0.152. The van der Waals surface area contributed by atoms with Gasteiger partial charge in [-0.05, 0) is 46.5 Å². The molecule has 5 rings (SSSR count). The smallest absolute Gasteiger partial charge is 0.199 e. The lowest BCUT2D eigenvalue weighted by molar-refractivity contribution is -0.105. The highest BCUT2D eigenvalue weighted by molar-refractivity contribution is 6.13. The lowest BCUT2D eigenvalue weighted by Crippen LogP contribution is -2.25. The van der Waals surface area contributed by atoms with E-state index in [0.717, 1.165) is 37.2 Å². The van der Waals surface area contributed by atoms with E-state index in [4.69, 9.17) is 9.47 Å². The topological polar surface area (TPSA) is 18.5 Å². The summed E-state index contributed by atoms with van der Waals surface area (Å²) in [5, 5.41) is 4.98. The van der Waals surface area contributed by atoms with Crippen molar-refractivity contribution in [2.75, 3.05) is 6.61 Å². The first-order chi connectivity index (χ1) is 13.4. The van der Waals surface area contributed by atoms with Crippen molar-refractivity contribution < 1.29 is 9.47 Å². The lowest BCUT2D eigenvalue weighted by atomic mass is 9.91. The van der Waals surface area contributed by atoms with E-state index in [1.54, 1.807) is 0 Å². The normalized spacial score (nSPS) is 17.3. The summed E-state index contributed by atoms with van der Waals surface area (Å²) >= 11 is 0. The summed E-state index contributed by atoms with van der Waals surface area (Å²) in [5.41, 5.74) is 2.36. The molecule has 0 spiro atoms. The van der Waals surface area contributed by atoms with Gasteiger partial charge in [0.25, 0.3) is 0 Å². The van der Waals surface area contributed by atoms with Crippen LogP contribution < -0.4 is 4.74 Å². The van der Waals surface area contributed by atoms with Crippen molar-refractivity contribution in [3.8, 4) is 16.9 Å². The number of ether oxygens (including phenoxy) is 2. The van der Waals surface area contributed by atoms with Crippen LogP contribution in [0.4, 0.5) is 0 Å². The van der Waals surface area contributed by atoms with Crippen LogP contribution in [-0.4, -0.2) is 12.9 Å². The fourth-order valence-corrected chi connectivity index (χ4v) is 4.03. The van der Waals surface area contributed by atoms with E-state index in [-0.39, 0.29) is 6.29 Å². The van der Waals surface area contributed by atoms with Crippen LogP contribution >= 0.6 is 0 Å². The minimum atomic E-state index is -0.152. The third-order valence-corrected chi connectivity index (χ3v) is 5.32. The van der Waals surface area contributed by atoms with Crippen LogP contribution in [0.1, 0.15) is 19.3 Å². The van der Waals surface area contributed by atoms with Crippen LogP contribution in [0.25, 0.3) is 32.7 Å². The molecule has 2 heteroatoms. The van der Waals surface area contributed by atoms with Crippen molar-refractivity contribution in [2.24, 2.45) is 0 Å². The second kappa shape index (κ2) is 7.05. The molecule has 0 bridgehead atoms. The van der Waals surface area contributed by atoms with Crippen molar-refractivity contribution in [2.45, 2.75) is 25.6 Å². The molecule has 2 nitrogen and oxygen atoms in total. The summed E-state index contributed by atoms with van der Waals surface area (Å²) in [6.45, 7) is 0.782. The predicted octanol–water partition coefficient (Wildman–Crippen LogP) is 6.57. The summed E-state index contributed by atoms with van der Waals surface area (Å²) in [6.07, 6.45) is 3.07. The number of fused-ring (bicyclic) bond motifs is 2. The SMILES string of the molecule is c1ccc(-c2c3ccccc3cc3ccccc23)c(OC2CCCCO2)c1. The van der Waals surface area contributed by atoms with E-state index >= 15 is 0 Å². The molecule has 0 amide bonds. The number of hydrogen-bond donors (Lipinski definition) is 0. The molecule has 27 heavy (non-hydrogen) atoms. The van der Waals surface area contributed by atoms with Crippen LogP contribution in [0.15, 0.2) is 78.9 Å². The molecule has 1 heterocycles. The predicted molar refractivity (Wildman–Crippen MR) is 111 cm³/mol. The molecule has 0 aromatic heterocycles. The van der Waals surface area contributed by atoms with Gasteiger partial charge in [-0.2, -0.15) is 0 Å². The minimum Gasteiger partial charge on any atom is -0.464 e. The Labute approximate surface area is 159 Å². The largest absolute Gasteiger partial charge is 0.464 e. The van der Waals surface area contributed by atoms with Gasteiger partial charge >= 0.3 is 0 Å². The van der Waals surface area contributed by atoms with Gasteiger partial charge in [0.15, 0.2) is 6.29 Å². The van der Waals surface area contributed by atoms with E-state index in [2.05, 4.69) is 72.8 Å². The quantitative estimate of drug-likeness (QED) is 0.388. The molecular weight excluding hydrogens is 332 g/mol. The lowest BCUT2D eigenvalue weighted by Gasteiger charge is -2.25. The van der Waals surface area contributed by atoms with Gasteiger partial charge in [-0.3, -0.25) is 0 Å². The van der Waals surface area contributed by atoms with Crippen LogP contribution in [0.2, 0.25) is 0 Å². The zero-order valence-corrected chi connectivity index (χ0v) is 15.2. The molecule has 0 saturated carbocycles. The highest BCUT2D eigenvalue weighted by Gasteiger charge is 2.19. The first-order valence-corrected chi connectivity index (χ1v) is 9.68. The summed E-state index contributed by atoms with van der Waals surface area (Å²) in [6, 6.07) is 27.8. The number of hydrogen-bond acceptors (Lipinski definition) is 2. The highest BCUT2D eigenvalue weighted by atomic mass is 16.7. The van der Waals surface area contributed by atoms with E-state index in [9.17, 15) is 0 Å². The molecule has 4 aromatic rings. The van der Waals surface area contributed by atoms with Crippen molar-refractivity contribution in [1.29, 1.82) is 0 Å². The monoisotopic (exact) mass is 354 g/mol. The molecule has 1 aliphatic rings. The van der Waals surface area contributed by atoms with E-state index < -0.39 is 0 Å². The molecule has 1 saturated heterocycles. The molecule has 0 aliphatic carbocycles. The zero-order chi connectivity index (χ0) is 18.1. The maximum Gasteiger partial charge on any atom is 0.199 e. The average molecular weight is 354 g/mol. The summed E-state index contributed by atoms with van der Waals surface area (Å²) in [5.74, 6) is 0.894. The van der Waals surface area contributed by atoms with Crippen molar-refractivity contribution in [3.05, 3.63) is 78.9 Å². The Balaban J connectivity index is 1.73. The third-order valence-electron chi connectivity index (χ3n) is 5.32. The Morgan fingerprint density at radius 1 is 0.741 bits per heavy atom. The van der Waals surface area contributed by atoms with Gasteiger partial charge in [0.1, 0.15) is 5.75 Å². The Morgan fingerprint density at radius 2 is 1.41 bits per heavy atom. The average Bonchev–Trinajstić information content (AvgIpc) is 2.73. The van der Waals surface area contributed by atoms with Crippen LogP contribution in [-0.2, 0) is 4.74 Å². The van der Waals surface area contributed by atoms with Crippen molar-refractivity contribution in [3.63, 3.8) is 0 Å². The molecule has 134 valence electrons. The van der Waals surface area contributed by atoms with Crippen molar-refractivity contribution in [1.82, 2.24) is 0 Å². The molecule has 4 aromatic carbocycles. The molecular formula is C25H22O2. The fourth-order valence-electron chi connectivity index (χ4n) is 4.03.